The van der Waals surface area contributed by atoms with Gasteiger partial charge in [0, 0.05) is 26.1 Å². The largest absolute Gasteiger partial charge is 0.487 e. The van der Waals surface area contributed by atoms with E-state index in [-0.39, 0.29) is 19.5 Å². The van der Waals surface area contributed by atoms with Crippen LogP contribution in [0.2, 0.25) is 5.02 Å². The second-order valence-electron chi connectivity index (χ2n) is 11.1. The Balaban J connectivity index is 1.43. The number of carboxylic acids is 1. The molecule has 1 heterocycles. The molecule has 3 N–H and O–H groups in total. The summed E-state index contributed by atoms with van der Waals surface area (Å²) in [6.07, 6.45) is 4.80. The molecule has 0 amide bonds. The van der Waals surface area contributed by atoms with E-state index < -0.39 is 24.5 Å². The van der Waals surface area contributed by atoms with Gasteiger partial charge in [0.15, 0.2) is 0 Å². The molecule has 4 rings (SSSR count). The van der Waals surface area contributed by atoms with Crippen molar-refractivity contribution in [2.75, 3.05) is 26.2 Å². The first-order chi connectivity index (χ1) is 20.5. The highest BCUT2D eigenvalue weighted by atomic mass is 35.5. The molecule has 3 aromatic carbocycles. The van der Waals surface area contributed by atoms with E-state index >= 15 is 0 Å². The molecular weight excluding hydrogens is 574 g/mol. The number of hydrogen-bond acceptors (Lipinski definition) is 5. The van der Waals surface area contributed by atoms with E-state index in [1.807, 2.05) is 36.1 Å². The minimum absolute atomic E-state index is 0.0549. The van der Waals surface area contributed by atoms with Gasteiger partial charge in [0.25, 0.3) is 5.92 Å². The minimum Gasteiger partial charge on any atom is -0.487 e. The zero-order valence-electron chi connectivity index (χ0n) is 24.8. The number of nitrogens with one attached hydrogen (secondary N) is 1. The summed E-state index contributed by atoms with van der Waals surface area (Å²) in [4.78, 5) is 13.0. The summed E-state index contributed by atoms with van der Waals surface area (Å²) >= 11 is 6.53. The Bertz CT molecular complexity index is 1480. The molecule has 0 aliphatic carbocycles. The van der Waals surface area contributed by atoms with Crippen LogP contribution in [0.15, 0.2) is 54.6 Å². The van der Waals surface area contributed by atoms with Crippen LogP contribution in [-0.4, -0.2) is 59.3 Å². The minimum atomic E-state index is -2.56. The van der Waals surface area contributed by atoms with Crippen molar-refractivity contribution in [1.82, 2.24) is 10.2 Å². The topological polar surface area (TPSA) is 82.0 Å². The molecule has 3 aromatic rings. The van der Waals surface area contributed by atoms with Gasteiger partial charge in [0.05, 0.1) is 18.2 Å². The summed E-state index contributed by atoms with van der Waals surface area (Å²) < 4.78 is 33.0. The van der Waals surface area contributed by atoms with Crippen LogP contribution in [0.1, 0.15) is 46.2 Å². The van der Waals surface area contributed by atoms with Crippen molar-refractivity contribution in [3.05, 3.63) is 93.0 Å². The lowest BCUT2D eigenvalue weighted by Crippen LogP contribution is -2.39. The predicted octanol–water partition coefficient (Wildman–Crippen LogP) is 6.79. The van der Waals surface area contributed by atoms with Crippen molar-refractivity contribution in [2.45, 2.75) is 58.7 Å². The monoisotopic (exact) mass is 612 g/mol. The molecule has 43 heavy (non-hydrogen) atoms. The summed E-state index contributed by atoms with van der Waals surface area (Å²) in [5.41, 5.74) is 8.28. The normalized spacial score (nSPS) is 15.7. The van der Waals surface area contributed by atoms with E-state index in [0.717, 1.165) is 50.9 Å². The second-order valence-corrected chi connectivity index (χ2v) is 11.5. The number of aryl methyl sites for hydroxylation is 1. The van der Waals surface area contributed by atoms with Crippen LogP contribution in [0.4, 0.5) is 8.78 Å². The second kappa shape index (κ2) is 14.4. The van der Waals surface area contributed by atoms with Gasteiger partial charge < -0.3 is 14.9 Å². The molecule has 1 aliphatic rings. The van der Waals surface area contributed by atoms with Crippen molar-refractivity contribution in [3.63, 3.8) is 0 Å². The van der Waals surface area contributed by atoms with Crippen LogP contribution < -0.4 is 10.1 Å². The maximum Gasteiger partial charge on any atom is 0.323 e. The van der Waals surface area contributed by atoms with Gasteiger partial charge >= 0.3 is 5.97 Å². The maximum atomic E-state index is 13.5. The SMILES string of the molecule is Cc1cc(OCc2cccc(-c3cccc(/C=C/CCN4CCC(F)(F)C4)c3C)c2C)c(Cl)cc1CN[C@@H](CO)C(=O)O. The molecule has 0 saturated carbocycles. The smallest absolute Gasteiger partial charge is 0.323 e. The Morgan fingerprint density at radius 3 is 2.51 bits per heavy atom. The lowest BCUT2D eigenvalue weighted by molar-refractivity contribution is -0.140. The number of nitrogens with zero attached hydrogens (tertiary/aromatic N) is 1. The van der Waals surface area contributed by atoms with Crippen molar-refractivity contribution in [1.29, 1.82) is 0 Å². The third kappa shape index (κ3) is 8.42. The fraction of sp³-hybridized carbons (Fsp3) is 0.382. The Morgan fingerprint density at radius 2 is 1.84 bits per heavy atom. The molecule has 9 heteroatoms. The zero-order chi connectivity index (χ0) is 31.1. The van der Waals surface area contributed by atoms with E-state index in [2.05, 4.69) is 49.5 Å². The van der Waals surface area contributed by atoms with Crippen LogP contribution in [0, 0.1) is 20.8 Å². The maximum absolute atomic E-state index is 13.5. The first kappa shape index (κ1) is 32.6. The molecule has 1 aliphatic heterocycles. The molecule has 1 fully saturated rings. The Kier molecular flexibility index (Phi) is 11.0. The van der Waals surface area contributed by atoms with Crippen molar-refractivity contribution < 1.29 is 28.5 Å². The fourth-order valence-corrected chi connectivity index (χ4v) is 5.58. The molecule has 0 unspecified atom stereocenters. The average Bonchev–Trinajstić information content (AvgIpc) is 3.31. The van der Waals surface area contributed by atoms with Crippen LogP contribution in [0.3, 0.4) is 0 Å². The van der Waals surface area contributed by atoms with E-state index in [0.29, 0.717) is 30.5 Å². The van der Waals surface area contributed by atoms with Gasteiger partial charge in [0.2, 0.25) is 0 Å². The summed E-state index contributed by atoms with van der Waals surface area (Å²) in [5, 5.41) is 21.6. The molecule has 0 aromatic heterocycles. The van der Waals surface area contributed by atoms with Crippen LogP contribution in [-0.2, 0) is 17.9 Å². The van der Waals surface area contributed by atoms with Crippen LogP contribution in [0.5, 0.6) is 5.75 Å². The lowest BCUT2D eigenvalue weighted by Gasteiger charge is -2.17. The Hall–Kier alpha value is -3.30. The van der Waals surface area contributed by atoms with E-state index in [1.165, 1.54) is 0 Å². The first-order valence-electron chi connectivity index (χ1n) is 14.4. The van der Waals surface area contributed by atoms with Crippen molar-refractivity contribution >= 4 is 23.6 Å². The number of carbonyl (C=O) groups is 1. The number of rotatable bonds is 13. The molecule has 0 radical (unpaired) electrons. The molecule has 230 valence electrons. The van der Waals surface area contributed by atoms with Crippen molar-refractivity contribution in [3.8, 4) is 16.9 Å². The van der Waals surface area contributed by atoms with Gasteiger partial charge in [-0.25, -0.2) is 8.78 Å². The zero-order valence-corrected chi connectivity index (χ0v) is 25.6. The summed E-state index contributed by atoms with van der Waals surface area (Å²) in [6.45, 7) is 7.05. The number of aliphatic hydroxyl groups is 1. The Labute approximate surface area is 256 Å². The lowest BCUT2D eigenvalue weighted by atomic mass is 9.91. The number of likely N-dealkylation sites (tertiary alicyclic amines) is 1. The van der Waals surface area contributed by atoms with Gasteiger partial charge in [-0.3, -0.25) is 15.0 Å². The van der Waals surface area contributed by atoms with Gasteiger partial charge in [-0.05, 0) is 83.8 Å². The highest BCUT2D eigenvalue weighted by molar-refractivity contribution is 6.32. The summed E-state index contributed by atoms with van der Waals surface area (Å²) in [6, 6.07) is 14.9. The number of benzene rings is 3. The van der Waals surface area contributed by atoms with Crippen LogP contribution >= 0.6 is 11.6 Å². The fourth-order valence-electron chi connectivity index (χ4n) is 5.34. The number of aliphatic carboxylic acids is 1. The molecular formula is C34H39ClF2N2O4. The molecule has 1 saturated heterocycles. The van der Waals surface area contributed by atoms with E-state index in [4.69, 9.17) is 21.4 Å². The highest BCUT2D eigenvalue weighted by Crippen LogP contribution is 2.33. The van der Waals surface area contributed by atoms with Gasteiger partial charge in [0.1, 0.15) is 18.4 Å². The summed E-state index contributed by atoms with van der Waals surface area (Å²) in [7, 11) is 0. The van der Waals surface area contributed by atoms with Crippen molar-refractivity contribution in [2.24, 2.45) is 0 Å². The number of halogens is 3. The number of alkyl halides is 2. The number of carboxylic acid groups (broad SMARTS) is 1. The predicted molar refractivity (Wildman–Crippen MR) is 167 cm³/mol. The standard InChI is InChI=1S/C34H39ClF2N2O4/c1-22-16-32(30(35)17-27(22)18-38-31(19-40)33(41)42)43-20-26-10-7-12-29(24(26)3)28-11-6-9-25(23(28)2)8-4-5-14-39-15-13-34(36,37)21-39/h4,6-12,16-17,31,38,40H,5,13-15,18-21H2,1-3H3,(H,41,42)/b8-4+/t31-/m0/s1. The van der Waals surface area contributed by atoms with Gasteiger partial charge in [-0.1, -0.05) is 60.2 Å². The quantitative estimate of drug-likeness (QED) is 0.197. The molecule has 0 bridgehead atoms. The molecule has 0 spiro atoms. The third-order valence-electron chi connectivity index (χ3n) is 8.06. The number of ether oxygens (including phenoxy) is 1. The molecule has 6 nitrogen and oxygen atoms in total. The molecule has 1 atom stereocenters. The number of hydrogen-bond donors (Lipinski definition) is 3. The summed E-state index contributed by atoms with van der Waals surface area (Å²) in [5.74, 6) is -3.15. The van der Waals surface area contributed by atoms with Crippen LogP contribution in [0.25, 0.3) is 17.2 Å². The first-order valence-corrected chi connectivity index (χ1v) is 14.8. The highest BCUT2D eigenvalue weighted by Gasteiger charge is 2.37. The van der Waals surface area contributed by atoms with Gasteiger partial charge in [-0.2, -0.15) is 0 Å². The van der Waals surface area contributed by atoms with E-state index in [9.17, 15) is 18.7 Å². The van der Waals surface area contributed by atoms with Gasteiger partial charge in [-0.15, -0.1) is 0 Å². The number of aliphatic hydroxyl groups excluding tert-OH is 1. The van der Waals surface area contributed by atoms with E-state index in [1.54, 1.807) is 6.07 Å². The third-order valence-corrected chi connectivity index (χ3v) is 8.36. The average molecular weight is 613 g/mol. The Morgan fingerprint density at radius 1 is 1.12 bits per heavy atom.